The van der Waals surface area contributed by atoms with E-state index < -0.39 is 0 Å². The summed E-state index contributed by atoms with van der Waals surface area (Å²) in [4.78, 5) is 24.4. The van der Waals surface area contributed by atoms with Crippen LogP contribution in [-0.2, 0) is 9.59 Å². The van der Waals surface area contributed by atoms with E-state index in [0.29, 0.717) is 17.0 Å². The van der Waals surface area contributed by atoms with E-state index in [1.54, 1.807) is 31.2 Å². The van der Waals surface area contributed by atoms with Crippen LogP contribution in [-0.4, -0.2) is 18.9 Å². The molecule has 1 aliphatic heterocycles. The molecular weight excluding hydrogens is 206 g/mol. The SMILES string of the molecule is COc1cccc(N2C(=O)C=C(C)C2=O)c1. The molecule has 0 atom stereocenters. The van der Waals surface area contributed by atoms with E-state index in [2.05, 4.69) is 0 Å². The van der Waals surface area contributed by atoms with Crippen molar-refractivity contribution >= 4 is 17.5 Å². The Morgan fingerprint density at radius 1 is 1.25 bits per heavy atom. The molecule has 2 rings (SSSR count). The van der Waals surface area contributed by atoms with E-state index in [9.17, 15) is 9.59 Å². The number of carbonyl (C=O) groups is 2. The molecule has 4 heteroatoms. The lowest BCUT2D eigenvalue weighted by atomic mass is 10.2. The molecule has 1 aromatic rings. The highest BCUT2D eigenvalue weighted by Gasteiger charge is 2.29. The Kier molecular flexibility index (Phi) is 2.48. The van der Waals surface area contributed by atoms with Crippen molar-refractivity contribution in [1.29, 1.82) is 0 Å². The second kappa shape index (κ2) is 3.81. The predicted octanol–water partition coefficient (Wildman–Crippen LogP) is 1.51. The second-order valence-electron chi connectivity index (χ2n) is 3.51. The minimum Gasteiger partial charge on any atom is -0.497 e. The van der Waals surface area contributed by atoms with Gasteiger partial charge < -0.3 is 4.74 Å². The first-order valence-corrected chi connectivity index (χ1v) is 4.84. The molecule has 16 heavy (non-hydrogen) atoms. The van der Waals surface area contributed by atoms with Gasteiger partial charge in [-0.2, -0.15) is 0 Å². The molecule has 0 saturated heterocycles. The Hall–Kier alpha value is -2.10. The third-order valence-electron chi connectivity index (χ3n) is 2.41. The highest BCUT2D eigenvalue weighted by Crippen LogP contribution is 2.25. The molecule has 82 valence electrons. The van der Waals surface area contributed by atoms with E-state index in [-0.39, 0.29) is 11.8 Å². The fraction of sp³-hybridized carbons (Fsp3) is 0.167. The van der Waals surface area contributed by atoms with Crippen molar-refractivity contribution in [2.45, 2.75) is 6.92 Å². The molecule has 0 N–H and O–H groups in total. The number of ether oxygens (including phenoxy) is 1. The fourth-order valence-electron chi connectivity index (χ4n) is 1.58. The Labute approximate surface area is 93.1 Å². The zero-order chi connectivity index (χ0) is 11.7. The molecule has 0 radical (unpaired) electrons. The quantitative estimate of drug-likeness (QED) is 0.705. The molecule has 0 unspecified atom stereocenters. The molecule has 0 aliphatic carbocycles. The lowest BCUT2D eigenvalue weighted by molar-refractivity contribution is -0.120. The van der Waals surface area contributed by atoms with Crippen LogP contribution in [0.3, 0.4) is 0 Å². The van der Waals surface area contributed by atoms with Gasteiger partial charge in [-0.25, -0.2) is 4.90 Å². The molecular formula is C12H11NO3. The van der Waals surface area contributed by atoms with Crippen molar-refractivity contribution in [3.8, 4) is 5.75 Å². The topological polar surface area (TPSA) is 46.6 Å². The maximum absolute atomic E-state index is 11.7. The first-order valence-electron chi connectivity index (χ1n) is 4.84. The van der Waals surface area contributed by atoms with Crippen LogP contribution < -0.4 is 9.64 Å². The molecule has 2 amide bonds. The minimum absolute atomic E-state index is 0.279. The summed E-state index contributed by atoms with van der Waals surface area (Å²) >= 11 is 0. The Bertz CT molecular complexity index is 491. The lowest BCUT2D eigenvalue weighted by Crippen LogP contribution is -2.30. The smallest absolute Gasteiger partial charge is 0.261 e. The van der Waals surface area contributed by atoms with Crippen LogP contribution in [0.1, 0.15) is 6.92 Å². The van der Waals surface area contributed by atoms with Crippen LogP contribution in [0.5, 0.6) is 5.75 Å². The highest BCUT2D eigenvalue weighted by molar-refractivity contribution is 6.30. The minimum atomic E-state index is -0.309. The van der Waals surface area contributed by atoms with Gasteiger partial charge in [0.25, 0.3) is 11.8 Å². The van der Waals surface area contributed by atoms with Crippen molar-refractivity contribution in [2.75, 3.05) is 12.0 Å². The van der Waals surface area contributed by atoms with Crippen LogP contribution in [0.25, 0.3) is 0 Å². The van der Waals surface area contributed by atoms with Crippen molar-refractivity contribution in [2.24, 2.45) is 0 Å². The number of rotatable bonds is 2. The van der Waals surface area contributed by atoms with E-state index in [0.717, 1.165) is 4.90 Å². The number of nitrogens with zero attached hydrogens (tertiary/aromatic N) is 1. The zero-order valence-electron chi connectivity index (χ0n) is 9.06. The number of hydrogen-bond acceptors (Lipinski definition) is 3. The largest absolute Gasteiger partial charge is 0.497 e. The van der Waals surface area contributed by atoms with Gasteiger partial charge in [-0.1, -0.05) is 6.07 Å². The van der Waals surface area contributed by atoms with E-state index in [1.807, 2.05) is 0 Å². The summed E-state index contributed by atoms with van der Waals surface area (Å²) in [6.45, 7) is 1.63. The predicted molar refractivity (Wildman–Crippen MR) is 59.2 cm³/mol. The Balaban J connectivity index is 2.39. The number of methoxy groups -OCH3 is 1. The first kappa shape index (κ1) is 10.4. The molecule has 0 spiro atoms. The number of anilines is 1. The highest BCUT2D eigenvalue weighted by atomic mass is 16.5. The first-order chi connectivity index (χ1) is 7.63. The maximum Gasteiger partial charge on any atom is 0.261 e. The molecule has 1 aromatic carbocycles. The standard InChI is InChI=1S/C12H11NO3/c1-8-6-11(14)13(12(8)15)9-4-3-5-10(7-9)16-2/h3-7H,1-2H3. The summed E-state index contributed by atoms with van der Waals surface area (Å²) in [6, 6.07) is 6.85. The Morgan fingerprint density at radius 2 is 2.00 bits per heavy atom. The van der Waals surface area contributed by atoms with Gasteiger partial charge in [-0.3, -0.25) is 9.59 Å². The summed E-state index contributed by atoms with van der Waals surface area (Å²) in [5.41, 5.74) is 0.982. The zero-order valence-corrected chi connectivity index (χ0v) is 9.06. The fourth-order valence-corrected chi connectivity index (χ4v) is 1.58. The van der Waals surface area contributed by atoms with Gasteiger partial charge in [-0.05, 0) is 19.1 Å². The number of imide groups is 1. The molecule has 4 nitrogen and oxygen atoms in total. The number of benzene rings is 1. The van der Waals surface area contributed by atoms with E-state index >= 15 is 0 Å². The van der Waals surface area contributed by atoms with Crippen LogP contribution in [0, 0.1) is 0 Å². The van der Waals surface area contributed by atoms with Crippen LogP contribution in [0.2, 0.25) is 0 Å². The summed E-state index contributed by atoms with van der Waals surface area (Å²) in [5, 5.41) is 0. The maximum atomic E-state index is 11.7. The van der Waals surface area contributed by atoms with E-state index in [4.69, 9.17) is 4.74 Å². The number of hydrogen-bond donors (Lipinski definition) is 0. The monoisotopic (exact) mass is 217 g/mol. The Morgan fingerprint density at radius 3 is 2.56 bits per heavy atom. The average molecular weight is 217 g/mol. The van der Waals surface area contributed by atoms with Gasteiger partial charge in [0, 0.05) is 17.7 Å². The van der Waals surface area contributed by atoms with Gasteiger partial charge in [0.2, 0.25) is 0 Å². The van der Waals surface area contributed by atoms with Gasteiger partial charge >= 0.3 is 0 Å². The summed E-state index contributed by atoms with van der Waals surface area (Å²) in [7, 11) is 1.54. The van der Waals surface area contributed by atoms with E-state index in [1.165, 1.54) is 13.2 Å². The second-order valence-corrected chi connectivity index (χ2v) is 3.51. The third kappa shape index (κ3) is 1.58. The van der Waals surface area contributed by atoms with Gasteiger partial charge in [-0.15, -0.1) is 0 Å². The third-order valence-corrected chi connectivity index (χ3v) is 2.41. The molecule has 0 fully saturated rings. The van der Waals surface area contributed by atoms with Crippen LogP contribution in [0.15, 0.2) is 35.9 Å². The average Bonchev–Trinajstić information content (AvgIpc) is 2.53. The van der Waals surface area contributed by atoms with Crippen molar-refractivity contribution in [3.05, 3.63) is 35.9 Å². The van der Waals surface area contributed by atoms with Gasteiger partial charge in [0.15, 0.2) is 0 Å². The van der Waals surface area contributed by atoms with Crippen LogP contribution >= 0.6 is 0 Å². The van der Waals surface area contributed by atoms with Crippen molar-refractivity contribution in [1.82, 2.24) is 0 Å². The summed E-state index contributed by atoms with van der Waals surface area (Å²) < 4.78 is 5.05. The molecule has 0 aromatic heterocycles. The lowest BCUT2D eigenvalue weighted by Gasteiger charge is -2.15. The molecule has 0 bridgehead atoms. The van der Waals surface area contributed by atoms with Crippen molar-refractivity contribution in [3.63, 3.8) is 0 Å². The number of amides is 2. The molecule has 1 heterocycles. The van der Waals surface area contributed by atoms with Gasteiger partial charge in [0.1, 0.15) is 5.75 Å². The molecule has 0 saturated carbocycles. The normalized spacial score (nSPS) is 15.4. The number of carbonyl (C=O) groups excluding carboxylic acids is 2. The summed E-state index contributed by atoms with van der Waals surface area (Å²) in [6.07, 6.45) is 1.34. The van der Waals surface area contributed by atoms with Crippen LogP contribution in [0.4, 0.5) is 5.69 Å². The molecule has 1 aliphatic rings. The summed E-state index contributed by atoms with van der Waals surface area (Å²) in [5.74, 6) is 0.0247. The van der Waals surface area contributed by atoms with Gasteiger partial charge in [0.05, 0.1) is 12.8 Å². The van der Waals surface area contributed by atoms with Crippen molar-refractivity contribution < 1.29 is 14.3 Å².